The largest absolute Gasteiger partial charge is 0.345 e. The van der Waals surface area contributed by atoms with E-state index in [0.717, 1.165) is 49.3 Å². The molecule has 0 unspecified atom stereocenters. The fourth-order valence-electron chi connectivity index (χ4n) is 3.91. The number of carbonyl (C=O) groups excluding carboxylic acids is 1. The van der Waals surface area contributed by atoms with Gasteiger partial charge in [0.1, 0.15) is 5.82 Å². The molecule has 0 bridgehead atoms. The average molecular weight is 359 g/mol. The number of imidazole rings is 1. The standard InChI is InChI=1S/C23H25N3O/c27-23(21-10-4-9-20(16-21)22-24-13-14-25-22)26-15-5-8-19(17-26)12-11-18-6-2-1-3-7-18/h1-4,6-7,9-10,13-14,16,19H,5,8,11-12,15,17H2,(H,24,25)/t19-/m0/s1. The lowest BCUT2D eigenvalue weighted by Crippen LogP contribution is -2.40. The Hall–Kier alpha value is -2.88. The quantitative estimate of drug-likeness (QED) is 0.726. The summed E-state index contributed by atoms with van der Waals surface area (Å²) in [7, 11) is 0. The molecule has 2 heterocycles. The van der Waals surface area contributed by atoms with Crippen LogP contribution in [0.3, 0.4) is 0 Å². The van der Waals surface area contributed by atoms with Gasteiger partial charge in [-0.1, -0.05) is 42.5 Å². The maximum absolute atomic E-state index is 13.0. The molecule has 1 aliphatic rings. The first-order valence-electron chi connectivity index (χ1n) is 9.72. The smallest absolute Gasteiger partial charge is 0.253 e. The summed E-state index contributed by atoms with van der Waals surface area (Å²) in [5.41, 5.74) is 3.07. The Bertz CT molecular complexity index is 874. The second kappa shape index (κ2) is 8.21. The normalized spacial score (nSPS) is 17.0. The minimum Gasteiger partial charge on any atom is -0.345 e. The van der Waals surface area contributed by atoms with Crippen molar-refractivity contribution in [2.45, 2.75) is 25.7 Å². The molecule has 4 heteroatoms. The molecule has 0 radical (unpaired) electrons. The van der Waals surface area contributed by atoms with Crippen molar-refractivity contribution in [3.05, 3.63) is 78.1 Å². The monoisotopic (exact) mass is 359 g/mol. The Balaban J connectivity index is 1.40. The highest BCUT2D eigenvalue weighted by molar-refractivity contribution is 5.95. The minimum atomic E-state index is 0.132. The van der Waals surface area contributed by atoms with Crippen molar-refractivity contribution in [1.29, 1.82) is 0 Å². The van der Waals surface area contributed by atoms with Crippen molar-refractivity contribution in [2.75, 3.05) is 13.1 Å². The van der Waals surface area contributed by atoms with E-state index in [1.54, 1.807) is 12.4 Å². The van der Waals surface area contributed by atoms with Crippen molar-refractivity contribution in [2.24, 2.45) is 5.92 Å². The number of nitrogens with one attached hydrogen (secondary N) is 1. The number of nitrogens with zero attached hydrogens (tertiary/aromatic N) is 2. The van der Waals surface area contributed by atoms with Gasteiger partial charge in [-0.2, -0.15) is 0 Å². The fourth-order valence-corrected chi connectivity index (χ4v) is 3.91. The second-order valence-electron chi connectivity index (χ2n) is 7.30. The molecule has 1 N–H and O–H groups in total. The lowest BCUT2D eigenvalue weighted by atomic mass is 9.91. The summed E-state index contributed by atoms with van der Waals surface area (Å²) in [5, 5.41) is 0. The fraction of sp³-hybridized carbons (Fsp3) is 0.304. The zero-order valence-corrected chi connectivity index (χ0v) is 15.5. The molecule has 1 amide bonds. The van der Waals surface area contributed by atoms with Crippen molar-refractivity contribution in [1.82, 2.24) is 14.9 Å². The van der Waals surface area contributed by atoms with E-state index in [1.165, 1.54) is 12.0 Å². The third-order valence-electron chi connectivity index (χ3n) is 5.37. The van der Waals surface area contributed by atoms with Crippen LogP contribution in [0.25, 0.3) is 11.4 Å². The van der Waals surface area contributed by atoms with Gasteiger partial charge in [0.2, 0.25) is 0 Å². The van der Waals surface area contributed by atoms with Crippen molar-refractivity contribution in [3.8, 4) is 11.4 Å². The number of hydrogen-bond acceptors (Lipinski definition) is 2. The average Bonchev–Trinajstić information content (AvgIpc) is 3.28. The first kappa shape index (κ1) is 17.5. The van der Waals surface area contributed by atoms with Gasteiger partial charge >= 0.3 is 0 Å². The number of benzene rings is 2. The first-order chi connectivity index (χ1) is 13.3. The Morgan fingerprint density at radius 2 is 2.04 bits per heavy atom. The van der Waals surface area contributed by atoms with E-state index in [1.807, 2.05) is 29.2 Å². The second-order valence-corrected chi connectivity index (χ2v) is 7.30. The molecule has 1 saturated heterocycles. The molecular weight excluding hydrogens is 334 g/mol. The van der Waals surface area contributed by atoms with Gasteiger partial charge in [0.15, 0.2) is 0 Å². The van der Waals surface area contributed by atoms with E-state index >= 15 is 0 Å². The van der Waals surface area contributed by atoms with Crippen LogP contribution in [0.1, 0.15) is 35.2 Å². The van der Waals surface area contributed by atoms with Gasteiger partial charge in [-0.05, 0) is 49.3 Å². The molecule has 1 fully saturated rings. The molecule has 0 aliphatic carbocycles. The number of rotatable bonds is 5. The third kappa shape index (κ3) is 4.27. The van der Waals surface area contributed by atoms with Crippen LogP contribution in [0.4, 0.5) is 0 Å². The van der Waals surface area contributed by atoms with E-state index in [4.69, 9.17) is 0 Å². The van der Waals surface area contributed by atoms with Crippen LogP contribution in [-0.2, 0) is 6.42 Å². The maximum Gasteiger partial charge on any atom is 0.253 e. The number of hydrogen-bond donors (Lipinski definition) is 1. The van der Waals surface area contributed by atoms with Gasteiger partial charge in [-0.3, -0.25) is 4.79 Å². The van der Waals surface area contributed by atoms with E-state index < -0.39 is 0 Å². The lowest BCUT2D eigenvalue weighted by molar-refractivity contribution is 0.0668. The zero-order chi connectivity index (χ0) is 18.5. The van der Waals surface area contributed by atoms with Crippen molar-refractivity contribution < 1.29 is 4.79 Å². The van der Waals surface area contributed by atoms with E-state index in [-0.39, 0.29) is 5.91 Å². The van der Waals surface area contributed by atoms with Crippen LogP contribution in [0, 0.1) is 5.92 Å². The topological polar surface area (TPSA) is 49.0 Å². The third-order valence-corrected chi connectivity index (χ3v) is 5.37. The summed E-state index contributed by atoms with van der Waals surface area (Å²) in [6.07, 6.45) is 8.05. The van der Waals surface area contributed by atoms with Crippen LogP contribution >= 0.6 is 0 Å². The number of likely N-dealkylation sites (tertiary alicyclic amines) is 1. The molecule has 27 heavy (non-hydrogen) atoms. The van der Waals surface area contributed by atoms with Gasteiger partial charge in [-0.25, -0.2) is 4.98 Å². The van der Waals surface area contributed by atoms with E-state index in [2.05, 4.69) is 40.3 Å². The predicted octanol–water partition coefficient (Wildman–Crippen LogP) is 4.56. The number of amides is 1. The lowest BCUT2D eigenvalue weighted by Gasteiger charge is -2.33. The first-order valence-corrected chi connectivity index (χ1v) is 9.72. The summed E-state index contributed by atoms with van der Waals surface area (Å²) in [5.74, 6) is 1.51. The molecule has 1 atom stereocenters. The number of carbonyl (C=O) groups is 1. The maximum atomic E-state index is 13.0. The number of piperidine rings is 1. The summed E-state index contributed by atoms with van der Waals surface area (Å²) >= 11 is 0. The molecule has 138 valence electrons. The van der Waals surface area contributed by atoms with Gasteiger partial charge in [0.25, 0.3) is 5.91 Å². The molecule has 1 aromatic heterocycles. The number of aromatic nitrogens is 2. The Kier molecular flexibility index (Phi) is 5.33. The molecule has 1 aliphatic heterocycles. The van der Waals surface area contributed by atoms with Crippen molar-refractivity contribution in [3.63, 3.8) is 0 Å². The number of aromatic amines is 1. The molecule has 3 aromatic rings. The Labute approximate surface area is 160 Å². The summed E-state index contributed by atoms with van der Waals surface area (Å²) in [6.45, 7) is 1.71. The van der Waals surface area contributed by atoms with Gasteiger partial charge in [0, 0.05) is 36.6 Å². The molecule has 4 nitrogen and oxygen atoms in total. The summed E-state index contributed by atoms with van der Waals surface area (Å²) in [6, 6.07) is 18.4. The number of H-pyrrole nitrogens is 1. The molecular formula is C23H25N3O. The van der Waals surface area contributed by atoms with Crippen LogP contribution < -0.4 is 0 Å². The predicted molar refractivity (Wildman–Crippen MR) is 107 cm³/mol. The van der Waals surface area contributed by atoms with Crippen molar-refractivity contribution >= 4 is 5.91 Å². The molecule has 4 rings (SSSR count). The van der Waals surface area contributed by atoms with Gasteiger partial charge in [-0.15, -0.1) is 0 Å². The highest BCUT2D eigenvalue weighted by Crippen LogP contribution is 2.24. The Morgan fingerprint density at radius 3 is 2.85 bits per heavy atom. The summed E-state index contributed by atoms with van der Waals surface area (Å²) < 4.78 is 0. The Morgan fingerprint density at radius 1 is 1.15 bits per heavy atom. The van der Waals surface area contributed by atoms with Crippen LogP contribution in [0.15, 0.2) is 67.0 Å². The minimum absolute atomic E-state index is 0.132. The SMILES string of the molecule is O=C(c1cccc(-c2ncc[nH]2)c1)N1CCC[C@@H](CCc2ccccc2)C1. The van der Waals surface area contributed by atoms with Crippen LogP contribution in [-0.4, -0.2) is 33.9 Å². The summed E-state index contributed by atoms with van der Waals surface area (Å²) in [4.78, 5) is 22.5. The molecule has 0 saturated carbocycles. The highest BCUT2D eigenvalue weighted by Gasteiger charge is 2.24. The van der Waals surface area contributed by atoms with E-state index in [9.17, 15) is 4.79 Å². The van der Waals surface area contributed by atoms with Gasteiger partial charge in [0.05, 0.1) is 0 Å². The van der Waals surface area contributed by atoms with Crippen LogP contribution in [0.5, 0.6) is 0 Å². The van der Waals surface area contributed by atoms with Crippen LogP contribution in [0.2, 0.25) is 0 Å². The van der Waals surface area contributed by atoms with E-state index in [0.29, 0.717) is 5.92 Å². The number of aryl methyl sites for hydroxylation is 1. The zero-order valence-electron chi connectivity index (χ0n) is 15.5. The van der Waals surface area contributed by atoms with Gasteiger partial charge < -0.3 is 9.88 Å². The molecule has 0 spiro atoms. The molecule has 2 aromatic carbocycles. The highest BCUT2D eigenvalue weighted by atomic mass is 16.2.